The molecule has 148 valence electrons. The molecule has 0 aliphatic heterocycles. The summed E-state index contributed by atoms with van der Waals surface area (Å²) < 4.78 is 3.48. The zero-order chi connectivity index (χ0) is 20.4. The minimum atomic E-state index is -0.0303. The molecular formula is C22H21ClN4OS. The lowest BCUT2D eigenvalue weighted by Gasteiger charge is -2.14. The van der Waals surface area contributed by atoms with Crippen LogP contribution in [0.25, 0.3) is 10.9 Å². The standard InChI is InChI=1S/C22H21ClN4OS/c1-15-7-8-16(2)17(11-15)14-29-22-25-20-6-4-3-5-19(20)21(28)27(22)10-9-26-13-18(23)12-24-26/h3-8,11-13H,9-10,14H2,1-2H3. The molecule has 7 heteroatoms. The number of rotatable bonds is 6. The Morgan fingerprint density at radius 2 is 1.93 bits per heavy atom. The number of aryl methyl sites for hydroxylation is 3. The quantitative estimate of drug-likeness (QED) is 0.328. The van der Waals surface area contributed by atoms with Crippen LogP contribution >= 0.6 is 23.4 Å². The van der Waals surface area contributed by atoms with Crippen molar-refractivity contribution in [2.75, 3.05) is 0 Å². The van der Waals surface area contributed by atoms with Gasteiger partial charge in [0.25, 0.3) is 5.56 Å². The molecule has 0 aliphatic carbocycles. The van der Waals surface area contributed by atoms with Crippen LogP contribution in [0.2, 0.25) is 5.02 Å². The molecule has 0 saturated carbocycles. The van der Waals surface area contributed by atoms with Crippen LogP contribution in [-0.4, -0.2) is 19.3 Å². The smallest absolute Gasteiger partial charge is 0.262 e. The third-order valence-electron chi connectivity index (χ3n) is 4.84. The lowest BCUT2D eigenvalue weighted by atomic mass is 10.1. The zero-order valence-corrected chi connectivity index (χ0v) is 17.9. The van der Waals surface area contributed by atoms with E-state index in [2.05, 4.69) is 37.1 Å². The van der Waals surface area contributed by atoms with Gasteiger partial charge in [0.1, 0.15) is 0 Å². The lowest BCUT2D eigenvalue weighted by molar-refractivity contribution is 0.492. The molecule has 2 aromatic carbocycles. The summed E-state index contributed by atoms with van der Waals surface area (Å²) in [6.07, 6.45) is 3.35. The van der Waals surface area contributed by atoms with E-state index in [1.54, 1.807) is 33.4 Å². The Morgan fingerprint density at radius 1 is 1.10 bits per heavy atom. The minimum Gasteiger partial charge on any atom is -0.285 e. The normalized spacial score (nSPS) is 11.3. The van der Waals surface area contributed by atoms with Crippen LogP contribution in [0.5, 0.6) is 0 Å². The molecule has 0 spiro atoms. The van der Waals surface area contributed by atoms with Crippen molar-refractivity contribution in [2.24, 2.45) is 0 Å². The van der Waals surface area contributed by atoms with Gasteiger partial charge in [0.15, 0.2) is 5.16 Å². The van der Waals surface area contributed by atoms with E-state index in [9.17, 15) is 4.79 Å². The van der Waals surface area contributed by atoms with Crippen LogP contribution in [0, 0.1) is 13.8 Å². The van der Waals surface area contributed by atoms with Crippen molar-refractivity contribution in [1.29, 1.82) is 0 Å². The maximum absolute atomic E-state index is 13.2. The van der Waals surface area contributed by atoms with Gasteiger partial charge in [-0.3, -0.25) is 14.0 Å². The average Bonchev–Trinajstić information content (AvgIpc) is 3.13. The first-order valence-electron chi connectivity index (χ1n) is 9.38. The Hall–Kier alpha value is -2.57. The van der Waals surface area contributed by atoms with Gasteiger partial charge in [-0.2, -0.15) is 5.10 Å². The molecule has 4 rings (SSSR count). The Balaban J connectivity index is 1.68. The third-order valence-corrected chi connectivity index (χ3v) is 6.06. The molecule has 0 bridgehead atoms. The lowest BCUT2D eigenvalue weighted by Crippen LogP contribution is -2.25. The highest BCUT2D eigenvalue weighted by Gasteiger charge is 2.13. The maximum Gasteiger partial charge on any atom is 0.262 e. The van der Waals surface area contributed by atoms with Crippen LogP contribution < -0.4 is 5.56 Å². The van der Waals surface area contributed by atoms with Gasteiger partial charge in [-0.1, -0.05) is 59.3 Å². The predicted molar refractivity (Wildman–Crippen MR) is 119 cm³/mol. The van der Waals surface area contributed by atoms with Gasteiger partial charge in [-0.25, -0.2) is 4.98 Å². The number of halogens is 1. The van der Waals surface area contributed by atoms with E-state index in [1.807, 2.05) is 24.3 Å². The summed E-state index contributed by atoms with van der Waals surface area (Å²) in [7, 11) is 0. The van der Waals surface area contributed by atoms with Crippen molar-refractivity contribution in [2.45, 2.75) is 37.8 Å². The van der Waals surface area contributed by atoms with Gasteiger partial charge in [0.05, 0.1) is 28.7 Å². The van der Waals surface area contributed by atoms with Crippen LogP contribution in [0.4, 0.5) is 0 Å². The number of thioether (sulfide) groups is 1. The molecule has 0 N–H and O–H groups in total. The molecule has 0 saturated heterocycles. The fourth-order valence-corrected chi connectivity index (χ4v) is 4.46. The van der Waals surface area contributed by atoms with Gasteiger partial charge in [-0.05, 0) is 37.1 Å². The van der Waals surface area contributed by atoms with E-state index in [1.165, 1.54) is 16.7 Å². The molecule has 0 atom stereocenters. The molecular weight excluding hydrogens is 404 g/mol. The fourth-order valence-electron chi connectivity index (χ4n) is 3.22. The van der Waals surface area contributed by atoms with E-state index in [0.717, 1.165) is 11.3 Å². The van der Waals surface area contributed by atoms with Crippen LogP contribution in [0.1, 0.15) is 16.7 Å². The van der Waals surface area contributed by atoms with Crippen molar-refractivity contribution in [1.82, 2.24) is 19.3 Å². The zero-order valence-electron chi connectivity index (χ0n) is 16.3. The van der Waals surface area contributed by atoms with Crippen LogP contribution in [0.15, 0.2) is 64.8 Å². The summed E-state index contributed by atoms with van der Waals surface area (Å²) in [5, 5.41) is 6.13. The van der Waals surface area contributed by atoms with Crippen molar-refractivity contribution in [3.05, 3.63) is 86.9 Å². The van der Waals surface area contributed by atoms with E-state index >= 15 is 0 Å². The second-order valence-corrected chi connectivity index (χ2v) is 8.39. The van der Waals surface area contributed by atoms with Crippen LogP contribution in [0.3, 0.4) is 0 Å². The molecule has 0 fully saturated rings. The van der Waals surface area contributed by atoms with Gasteiger partial charge < -0.3 is 0 Å². The summed E-state index contributed by atoms with van der Waals surface area (Å²) in [6, 6.07) is 13.9. The number of aromatic nitrogens is 4. The number of hydrogen-bond donors (Lipinski definition) is 0. The SMILES string of the molecule is Cc1ccc(C)c(CSc2nc3ccccc3c(=O)n2CCn2cc(Cl)cn2)c1. The Bertz CT molecular complexity index is 1230. The number of hydrogen-bond acceptors (Lipinski definition) is 4. The Morgan fingerprint density at radius 3 is 2.72 bits per heavy atom. The highest BCUT2D eigenvalue weighted by atomic mass is 35.5. The van der Waals surface area contributed by atoms with Crippen LogP contribution in [-0.2, 0) is 18.8 Å². The summed E-state index contributed by atoms with van der Waals surface area (Å²) in [6.45, 7) is 5.22. The second-order valence-electron chi connectivity index (χ2n) is 7.01. The van der Waals surface area contributed by atoms with E-state index < -0.39 is 0 Å². The second kappa shape index (κ2) is 8.43. The topological polar surface area (TPSA) is 52.7 Å². The molecule has 0 aliphatic rings. The van der Waals surface area contributed by atoms with Crippen molar-refractivity contribution >= 4 is 34.3 Å². The maximum atomic E-state index is 13.2. The van der Waals surface area contributed by atoms with Gasteiger partial charge in [0.2, 0.25) is 0 Å². The van der Waals surface area contributed by atoms with Gasteiger partial charge in [-0.15, -0.1) is 0 Å². The molecule has 0 amide bonds. The number of nitrogens with zero attached hydrogens (tertiary/aromatic N) is 4. The first-order valence-corrected chi connectivity index (χ1v) is 10.7. The molecule has 5 nitrogen and oxygen atoms in total. The summed E-state index contributed by atoms with van der Waals surface area (Å²) in [5.41, 5.74) is 4.41. The van der Waals surface area contributed by atoms with E-state index in [0.29, 0.717) is 28.7 Å². The first-order chi connectivity index (χ1) is 14.0. The summed E-state index contributed by atoms with van der Waals surface area (Å²) in [5.74, 6) is 0.756. The summed E-state index contributed by atoms with van der Waals surface area (Å²) >= 11 is 7.55. The molecule has 0 radical (unpaired) electrons. The van der Waals surface area contributed by atoms with E-state index in [4.69, 9.17) is 16.6 Å². The largest absolute Gasteiger partial charge is 0.285 e. The van der Waals surface area contributed by atoms with Gasteiger partial charge in [0, 0.05) is 18.5 Å². The fraction of sp³-hybridized carbons (Fsp3) is 0.227. The molecule has 2 heterocycles. The Kier molecular flexibility index (Phi) is 5.74. The average molecular weight is 425 g/mol. The summed E-state index contributed by atoms with van der Waals surface area (Å²) in [4.78, 5) is 18.0. The highest BCUT2D eigenvalue weighted by Crippen LogP contribution is 2.24. The number of benzene rings is 2. The predicted octanol–water partition coefficient (Wildman–Crippen LogP) is 4.86. The molecule has 29 heavy (non-hydrogen) atoms. The molecule has 0 unspecified atom stereocenters. The Labute approximate surface area is 178 Å². The van der Waals surface area contributed by atoms with Crippen molar-refractivity contribution in [3.8, 4) is 0 Å². The number of para-hydroxylation sites is 1. The molecule has 4 aromatic rings. The van der Waals surface area contributed by atoms with Crippen molar-refractivity contribution < 1.29 is 0 Å². The highest BCUT2D eigenvalue weighted by molar-refractivity contribution is 7.98. The van der Waals surface area contributed by atoms with Gasteiger partial charge >= 0.3 is 0 Å². The minimum absolute atomic E-state index is 0.0303. The molecule has 2 aromatic heterocycles. The number of fused-ring (bicyclic) bond motifs is 1. The third kappa shape index (κ3) is 4.38. The monoisotopic (exact) mass is 424 g/mol. The van der Waals surface area contributed by atoms with Crippen molar-refractivity contribution in [3.63, 3.8) is 0 Å². The first kappa shape index (κ1) is 19.7. The van der Waals surface area contributed by atoms with E-state index in [-0.39, 0.29) is 5.56 Å².